The topological polar surface area (TPSA) is 54.4 Å². The second-order valence-electron chi connectivity index (χ2n) is 4.10. The van der Waals surface area contributed by atoms with Crippen LogP contribution in [0.5, 0.6) is 0 Å². The summed E-state index contributed by atoms with van der Waals surface area (Å²) in [4.78, 5) is 22.7. The van der Waals surface area contributed by atoms with Crippen molar-refractivity contribution >= 4 is 29.4 Å². The number of carbonyl (C=O) groups is 2. The summed E-state index contributed by atoms with van der Waals surface area (Å²) >= 11 is 5.94. The molecule has 1 N–H and O–H groups in total. The Kier molecular flexibility index (Phi) is 4.33. The van der Waals surface area contributed by atoms with E-state index in [0.717, 1.165) is 5.56 Å². The van der Waals surface area contributed by atoms with Gasteiger partial charge in [0.2, 0.25) is 0 Å². The van der Waals surface area contributed by atoms with E-state index in [0.29, 0.717) is 10.6 Å². The summed E-state index contributed by atoms with van der Waals surface area (Å²) in [5, 5.41) is 9.19. The van der Waals surface area contributed by atoms with Crippen LogP contribution in [0.3, 0.4) is 0 Å². The number of ketones is 1. The standard InChI is InChI=1S/C16H11ClO3/c17-14-4-2-1-3-13(14)15(18)10-7-11-5-8-12(9-6-11)16(19)20/h1-10H,(H,19,20). The number of halogens is 1. The molecule has 20 heavy (non-hydrogen) atoms. The van der Waals surface area contributed by atoms with E-state index in [1.54, 1.807) is 42.5 Å². The summed E-state index contributed by atoms with van der Waals surface area (Å²) < 4.78 is 0. The van der Waals surface area contributed by atoms with Crippen molar-refractivity contribution in [3.63, 3.8) is 0 Å². The average molecular weight is 287 g/mol. The number of rotatable bonds is 4. The Bertz CT molecular complexity index is 672. The van der Waals surface area contributed by atoms with Crippen molar-refractivity contribution in [3.05, 3.63) is 76.3 Å². The Balaban J connectivity index is 2.15. The highest BCUT2D eigenvalue weighted by molar-refractivity contribution is 6.34. The lowest BCUT2D eigenvalue weighted by atomic mass is 10.1. The minimum Gasteiger partial charge on any atom is -0.478 e. The van der Waals surface area contributed by atoms with E-state index in [1.165, 1.54) is 18.2 Å². The second kappa shape index (κ2) is 6.17. The predicted octanol–water partition coefficient (Wildman–Crippen LogP) is 3.93. The van der Waals surface area contributed by atoms with Crippen LogP contribution >= 0.6 is 11.6 Å². The molecule has 0 spiro atoms. The lowest BCUT2D eigenvalue weighted by Gasteiger charge is -1.99. The average Bonchev–Trinajstić information content (AvgIpc) is 2.45. The van der Waals surface area contributed by atoms with Gasteiger partial charge in [0.25, 0.3) is 0 Å². The van der Waals surface area contributed by atoms with Crippen LogP contribution in [0, 0.1) is 0 Å². The summed E-state index contributed by atoms with van der Waals surface area (Å²) in [6.07, 6.45) is 3.04. The lowest BCUT2D eigenvalue weighted by Crippen LogP contribution is -1.96. The van der Waals surface area contributed by atoms with Crippen molar-refractivity contribution in [2.75, 3.05) is 0 Å². The van der Waals surface area contributed by atoms with Gasteiger partial charge in [0.05, 0.1) is 10.6 Å². The smallest absolute Gasteiger partial charge is 0.335 e. The van der Waals surface area contributed by atoms with Crippen LogP contribution < -0.4 is 0 Å². The zero-order valence-electron chi connectivity index (χ0n) is 10.4. The number of benzene rings is 2. The Labute approximate surface area is 121 Å². The van der Waals surface area contributed by atoms with Gasteiger partial charge in [-0.05, 0) is 35.9 Å². The number of carboxylic acids is 1. The molecular formula is C16H11ClO3. The van der Waals surface area contributed by atoms with Gasteiger partial charge in [0.1, 0.15) is 0 Å². The molecule has 0 atom stereocenters. The maximum absolute atomic E-state index is 11.9. The maximum atomic E-state index is 11.9. The predicted molar refractivity (Wildman–Crippen MR) is 78.2 cm³/mol. The molecule has 0 bridgehead atoms. The summed E-state index contributed by atoms with van der Waals surface area (Å²) in [5.74, 6) is -1.18. The van der Waals surface area contributed by atoms with Crippen molar-refractivity contribution in [1.82, 2.24) is 0 Å². The van der Waals surface area contributed by atoms with Crippen LogP contribution in [0.1, 0.15) is 26.3 Å². The third kappa shape index (κ3) is 3.33. The fourth-order valence-corrected chi connectivity index (χ4v) is 1.89. The van der Waals surface area contributed by atoms with E-state index in [4.69, 9.17) is 16.7 Å². The molecule has 100 valence electrons. The first-order chi connectivity index (χ1) is 9.58. The van der Waals surface area contributed by atoms with Crippen molar-refractivity contribution in [2.24, 2.45) is 0 Å². The van der Waals surface area contributed by atoms with Gasteiger partial charge in [-0.2, -0.15) is 0 Å². The fourth-order valence-electron chi connectivity index (χ4n) is 1.66. The van der Waals surface area contributed by atoms with Crippen molar-refractivity contribution in [2.45, 2.75) is 0 Å². The first-order valence-corrected chi connectivity index (χ1v) is 6.26. The van der Waals surface area contributed by atoms with Crippen LogP contribution in [0.15, 0.2) is 54.6 Å². The Hall–Kier alpha value is -2.39. The van der Waals surface area contributed by atoms with Crippen LogP contribution in [-0.2, 0) is 0 Å². The van der Waals surface area contributed by atoms with Crippen LogP contribution in [0.2, 0.25) is 5.02 Å². The molecule has 0 heterocycles. The first-order valence-electron chi connectivity index (χ1n) is 5.88. The number of allylic oxidation sites excluding steroid dienone is 1. The molecule has 0 amide bonds. The number of aromatic carboxylic acids is 1. The van der Waals surface area contributed by atoms with Gasteiger partial charge in [-0.3, -0.25) is 4.79 Å². The van der Waals surface area contributed by atoms with Gasteiger partial charge < -0.3 is 5.11 Å². The van der Waals surface area contributed by atoms with E-state index in [9.17, 15) is 9.59 Å². The van der Waals surface area contributed by atoms with E-state index in [1.807, 2.05) is 0 Å². The first kappa shape index (κ1) is 14.0. The summed E-state index contributed by atoms with van der Waals surface area (Å²) in [7, 11) is 0. The summed E-state index contributed by atoms with van der Waals surface area (Å²) in [5.41, 5.74) is 1.39. The zero-order chi connectivity index (χ0) is 14.5. The van der Waals surface area contributed by atoms with Gasteiger partial charge in [0, 0.05) is 5.56 Å². The normalized spacial score (nSPS) is 10.7. The third-order valence-corrected chi connectivity index (χ3v) is 3.05. The third-order valence-electron chi connectivity index (χ3n) is 2.72. The molecule has 0 aliphatic carbocycles. The van der Waals surface area contributed by atoms with Gasteiger partial charge in [-0.1, -0.05) is 41.9 Å². The van der Waals surface area contributed by atoms with Gasteiger partial charge >= 0.3 is 5.97 Å². The molecule has 0 saturated carbocycles. The number of carboxylic acid groups (broad SMARTS) is 1. The molecule has 2 aromatic carbocycles. The minimum absolute atomic E-state index is 0.196. The summed E-state index contributed by atoms with van der Waals surface area (Å²) in [6, 6.07) is 13.1. The van der Waals surface area contributed by atoms with E-state index >= 15 is 0 Å². The number of carbonyl (C=O) groups excluding carboxylic acids is 1. The number of hydrogen-bond acceptors (Lipinski definition) is 2. The second-order valence-corrected chi connectivity index (χ2v) is 4.51. The van der Waals surface area contributed by atoms with E-state index in [-0.39, 0.29) is 11.3 Å². The molecule has 2 rings (SSSR count). The zero-order valence-corrected chi connectivity index (χ0v) is 11.2. The fraction of sp³-hybridized carbons (Fsp3) is 0. The molecule has 0 aliphatic heterocycles. The molecule has 0 unspecified atom stereocenters. The van der Waals surface area contributed by atoms with E-state index < -0.39 is 5.97 Å². The lowest BCUT2D eigenvalue weighted by molar-refractivity contribution is 0.0696. The van der Waals surface area contributed by atoms with Gasteiger partial charge in [-0.15, -0.1) is 0 Å². The largest absolute Gasteiger partial charge is 0.478 e. The highest BCUT2D eigenvalue weighted by Gasteiger charge is 2.06. The van der Waals surface area contributed by atoms with Crippen LogP contribution in [0.4, 0.5) is 0 Å². The molecule has 3 nitrogen and oxygen atoms in total. The summed E-state index contributed by atoms with van der Waals surface area (Å²) in [6.45, 7) is 0. The van der Waals surface area contributed by atoms with Crippen molar-refractivity contribution in [3.8, 4) is 0 Å². The maximum Gasteiger partial charge on any atom is 0.335 e. The molecular weight excluding hydrogens is 276 g/mol. The van der Waals surface area contributed by atoms with Crippen molar-refractivity contribution < 1.29 is 14.7 Å². The molecule has 2 aromatic rings. The quantitative estimate of drug-likeness (QED) is 0.684. The van der Waals surface area contributed by atoms with E-state index in [2.05, 4.69) is 0 Å². The minimum atomic E-state index is -0.979. The highest BCUT2D eigenvalue weighted by Crippen LogP contribution is 2.16. The molecule has 0 aromatic heterocycles. The van der Waals surface area contributed by atoms with Gasteiger partial charge in [0.15, 0.2) is 5.78 Å². The number of hydrogen-bond donors (Lipinski definition) is 1. The highest BCUT2D eigenvalue weighted by atomic mass is 35.5. The molecule has 0 radical (unpaired) electrons. The Morgan fingerprint density at radius 3 is 2.25 bits per heavy atom. The van der Waals surface area contributed by atoms with Crippen molar-refractivity contribution in [1.29, 1.82) is 0 Å². The molecule has 4 heteroatoms. The monoisotopic (exact) mass is 286 g/mol. The SMILES string of the molecule is O=C(O)c1ccc(C=CC(=O)c2ccccc2Cl)cc1. The molecule has 0 aliphatic rings. The Morgan fingerprint density at radius 1 is 1.00 bits per heavy atom. The molecule has 0 fully saturated rings. The van der Waals surface area contributed by atoms with Gasteiger partial charge in [-0.25, -0.2) is 4.79 Å². The van der Waals surface area contributed by atoms with Crippen LogP contribution in [-0.4, -0.2) is 16.9 Å². The Morgan fingerprint density at radius 2 is 1.65 bits per heavy atom. The van der Waals surface area contributed by atoms with Crippen LogP contribution in [0.25, 0.3) is 6.08 Å². The molecule has 0 saturated heterocycles.